The van der Waals surface area contributed by atoms with E-state index in [9.17, 15) is 27.2 Å². The molecule has 1 aliphatic heterocycles. The molecule has 1 amide bonds. The lowest BCUT2D eigenvalue weighted by atomic mass is 10.1. The lowest BCUT2D eigenvalue weighted by Gasteiger charge is -2.36. The van der Waals surface area contributed by atoms with Gasteiger partial charge in [0, 0.05) is 31.9 Å². The van der Waals surface area contributed by atoms with Crippen LogP contribution in [0.5, 0.6) is 0 Å². The molecule has 0 aromatic heterocycles. The van der Waals surface area contributed by atoms with Crippen LogP contribution in [0.15, 0.2) is 48.5 Å². The molecule has 1 aliphatic rings. The maximum Gasteiger partial charge on any atom is 0.416 e. The van der Waals surface area contributed by atoms with Crippen molar-refractivity contribution in [2.24, 2.45) is 0 Å². The summed E-state index contributed by atoms with van der Waals surface area (Å²) in [5.74, 6) is -2.11. The van der Waals surface area contributed by atoms with Gasteiger partial charge in [-0.25, -0.2) is 9.18 Å². The first-order valence-corrected chi connectivity index (χ1v) is 8.87. The molecule has 2 aromatic rings. The Morgan fingerprint density at radius 3 is 2.31 bits per heavy atom. The van der Waals surface area contributed by atoms with Gasteiger partial charge in [-0.2, -0.15) is 13.2 Å². The first-order chi connectivity index (χ1) is 13.8. The molecule has 0 spiro atoms. The van der Waals surface area contributed by atoms with E-state index >= 15 is 0 Å². The fourth-order valence-corrected chi connectivity index (χ4v) is 3.02. The highest BCUT2D eigenvalue weighted by atomic mass is 19.4. The Labute approximate surface area is 164 Å². The lowest BCUT2D eigenvalue weighted by molar-refractivity contribution is -0.137. The Balaban J connectivity index is 1.52. The summed E-state index contributed by atoms with van der Waals surface area (Å²) in [6.45, 7) is 0.692. The van der Waals surface area contributed by atoms with Gasteiger partial charge in [0.1, 0.15) is 5.82 Å². The number of anilines is 1. The predicted octanol–water partition coefficient (Wildman–Crippen LogP) is 3.35. The number of hydrogen-bond donors (Lipinski definition) is 0. The van der Waals surface area contributed by atoms with Crippen molar-refractivity contribution in [3.63, 3.8) is 0 Å². The zero-order valence-corrected chi connectivity index (χ0v) is 15.3. The van der Waals surface area contributed by atoms with Crippen LogP contribution in [0.4, 0.5) is 23.2 Å². The number of amides is 1. The topological polar surface area (TPSA) is 49.9 Å². The lowest BCUT2D eigenvalue weighted by Crippen LogP contribution is -2.50. The number of piperazine rings is 1. The maximum atomic E-state index is 13.6. The standard InChI is InChI=1S/C20H18F4N2O3/c21-17-7-2-1-6-16(17)19(28)29-13-18(27)26-10-8-25(9-11-26)15-5-3-4-14(12-15)20(22,23)24/h1-7,12H,8-11,13H2. The molecule has 154 valence electrons. The molecule has 0 radical (unpaired) electrons. The highest BCUT2D eigenvalue weighted by molar-refractivity contribution is 5.91. The zero-order chi connectivity index (χ0) is 21.0. The van der Waals surface area contributed by atoms with Gasteiger partial charge in [0.2, 0.25) is 0 Å². The van der Waals surface area contributed by atoms with E-state index in [-0.39, 0.29) is 18.7 Å². The van der Waals surface area contributed by atoms with Crippen molar-refractivity contribution in [3.05, 3.63) is 65.5 Å². The molecule has 0 unspecified atom stereocenters. The smallest absolute Gasteiger partial charge is 0.416 e. The minimum absolute atomic E-state index is 0.255. The molecule has 1 fully saturated rings. The highest BCUT2D eigenvalue weighted by Gasteiger charge is 2.31. The molecule has 0 saturated carbocycles. The average Bonchev–Trinajstić information content (AvgIpc) is 2.71. The Morgan fingerprint density at radius 1 is 0.966 bits per heavy atom. The third-order valence-electron chi connectivity index (χ3n) is 4.59. The zero-order valence-electron chi connectivity index (χ0n) is 15.3. The number of hydrogen-bond acceptors (Lipinski definition) is 4. The maximum absolute atomic E-state index is 13.6. The summed E-state index contributed by atoms with van der Waals surface area (Å²) in [6.07, 6.45) is -4.42. The number of ether oxygens (including phenoxy) is 1. The summed E-state index contributed by atoms with van der Waals surface area (Å²) >= 11 is 0. The molecule has 3 rings (SSSR count). The normalized spacial score (nSPS) is 14.6. The number of carbonyl (C=O) groups excluding carboxylic acids is 2. The molecule has 29 heavy (non-hydrogen) atoms. The van der Waals surface area contributed by atoms with Crippen LogP contribution >= 0.6 is 0 Å². The Kier molecular flexibility index (Phi) is 6.05. The van der Waals surface area contributed by atoms with Gasteiger partial charge in [0.25, 0.3) is 5.91 Å². The summed E-state index contributed by atoms with van der Waals surface area (Å²) in [7, 11) is 0. The minimum atomic E-state index is -4.42. The van der Waals surface area contributed by atoms with E-state index in [2.05, 4.69) is 0 Å². The van der Waals surface area contributed by atoms with E-state index in [0.717, 1.165) is 18.2 Å². The van der Waals surface area contributed by atoms with E-state index in [1.54, 1.807) is 11.0 Å². The molecule has 1 saturated heterocycles. The third-order valence-corrected chi connectivity index (χ3v) is 4.59. The molecule has 2 aromatic carbocycles. The third kappa shape index (κ3) is 5.04. The second-order valence-corrected chi connectivity index (χ2v) is 6.47. The van der Waals surface area contributed by atoms with Crippen LogP contribution in [0.2, 0.25) is 0 Å². The fraction of sp³-hybridized carbons (Fsp3) is 0.300. The Bertz CT molecular complexity index is 893. The summed E-state index contributed by atoms with van der Waals surface area (Å²) < 4.78 is 57.0. The van der Waals surface area contributed by atoms with E-state index in [1.165, 1.54) is 29.2 Å². The van der Waals surface area contributed by atoms with Crippen molar-refractivity contribution in [2.45, 2.75) is 6.18 Å². The minimum Gasteiger partial charge on any atom is -0.452 e. The largest absolute Gasteiger partial charge is 0.452 e. The second kappa shape index (κ2) is 8.50. The molecule has 1 heterocycles. The van der Waals surface area contributed by atoms with Crippen LogP contribution in [-0.4, -0.2) is 49.6 Å². The second-order valence-electron chi connectivity index (χ2n) is 6.47. The average molecular weight is 410 g/mol. The number of carbonyl (C=O) groups is 2. The van der Waals surface area contributed by atoms with Gasteiger partial charge in [0.15, 0.2) is 6.61 Å². The quantitative estimate of drug-likeness (QED) is 0.573. The summed E-state index contributed by atoms with van der Waals surface area (Å²) in [6, 6.07) is 10.3. The van der Waals surface area contributed by atoms with Crippen LogP contribution < -0.4 is 4.90 Å². The van der Waals surface area contributed by atoms with Gasteiger partial charge in [-0.1, -0.05) is 18.2 Å². The molecular formula is C20H18F4N2O3. The van der Waals surface area contributed by atoms with Crippen molar-refractivity contribution >= 4 is 17.6 Å². The van der Waals surface area contributed by atoms with Crippen molar-refractivity contribution in [1.82, 2.24) is 4.90 Å². The van der Waals surface area contributed by atoms with Gasteiger partial charge < -0.3 is 14.5 Å². The van der Waals surface area contributed by atoms with Crippen LogP contribution in [-0.2, 0) is 15.7 Å². The Hall–Kier alpha value is -3.10. The number of alkyl halides is 3. The molecule has 0 N–H and O–H groups in total. The number of benzene rings is 2. The van der Waals surface area contributed by atoms with E-state index < -0.39 is 36.0 Å². The number of esters is 1. The number of nitrogens with zero attached hydrogens (tertiary/aromatic N) is 2. The molecule has 5 nitrogen and oxygen atoms in total. The van der Waals surface area contributed by atoms with Gasteiger partial charge in [-0.05, 0) is 30.3 Å². The van der Waals surface area contributed by atoms with Crippen molar-refractivity contribution in [2.75, 3.05) is 37.7 Å². The van der Waals surface area contributed by atoms with Crippen LogP contribution in [0.1, 0.15) is 15.9 Å². The number of halogens is 4. The van der Waals surface area contributed by atoms with E-state index in [4.69, 9.17) is 4.74 Å². The SMILES string of the molecule is O=C(OCC(=O)N1CCN(c2cccc(C(F)(F)F)c2)CC1)c1ccccc1F. The molecule has 0 atom stereocenters. The first-order valence-electron chi connectivity index (χ1n) is 8.87. The van der Waals surface area contributed by atoms with Crippen LogP contribution in [0, 0.1) is 5.82 Å². The van der Waals surface area contributed by atoms with Crippen molar-refractivity contribution in [1.29, 1.82) is 0 Å². The predicted molar refractivity (Wildman–Crippen MR) is 96.9 cm³/mol. The molecule has 9 heteroatoms. The summed E-state index contributed by atoms with van der Waals surface area (Å²) in [5, 5.41) is 0. The first kappa shape index (κ1) is 20.6. The highest BCUT2D eigenvalue weighted by Crippen LogP contribution is 2.31. The van der Waals surface area contributed by atoms with Gasteiger partial charge in [-0.3, -0.25) is 4.79 Å². The van der Waals surface area contributed by atoms with E-state index in [0.29, 0.717) is 18.8 Å². The molecular weight excluding hydrogens is 392 g/mol. The molecule has 0 aliphatic carbocycles. The Morgan fingerprint density at radius 2 is 1.66 bits per heavy atom. The van der Waals surface area contributed by atoms with Crippen molar-refractivity contribution < 1.29 is 31.9 Å². The van der Waals surface area contributed by atoms with E-state index in [1.807, 2.05) is 0 Å². The van der Waals surface area contributed by atoms with Crippen LogP contribution in [0.25, 0.3) is 0 Å². The van der Waals surface area contributed by atoms with Gasteiger partial charge in [0.05, 0.1) is 11.1 Å². The summed E-state index contributed by atoms with van der Waals surface area (Å²) in [4.78, 5) is 27.3. The van der Waals surface area contributed by atoms with Crippen LogP contribution in [0.3, 0.4) is 0 Å². The van der Waals surface area contributed by atoms with Gasteiger partial charge in [-0.15, -0.1) is 0 Å². The van der Waals surface area contributed by atoms with Gasteiger partial charge >= 0.3 is 12.1 Å². The summed E-state index contributed by atoms with van der Waals surface area (Å²) in [5.41, 5.74) is -0.555. The monoisotopic (exact) mass is 410 g/mol. The fourth-order valence-electron chi connectivity index (χ4n) is 3.02. The molecule has 0 bridgehead atoms. The number of rotatable bonds is 4. The van der Waals surface area contributed by atoms with Crippen molar-refractivity contribution in [3.8, 4) is 0 Å².